The smallest absolute Gasteiger partial charge is 0.329 e. The summed E-state index contributed by atoms with van der Waals surface area (Å²) in [4.78, 5) is 23.5. The Morgan fingerprint density at radius 3 is 2.69 bits per heavy atom. The molecule has 0 bridgehead atoms. The Hall–Kier alpha value is -1.10. The maximum atomic E-state index is 11.3. The van der Waals surface area contributed by atoms with E-state index in [9.17, 15) is 9.59 Å². The molecule has 13 heavy (non-hydrogen) atoms. The second kappa shape index (κ2) is 3.33. The Kier molecular flexibility index (Phi) is 2.56. The highest BCUT2D eigenvalue weighted by atomic mass is 16.4. The third-order valence-corrected chi connectivity index (χ3v) is 2.58. The van der Waals surface area contributed by atoms with Gasteiger partial charge in [-0.05, 0) is 19.8 Å². The minimum Gasteiger partial charge on any atom is -0.480 e. The minimum absolute atomic E-state index is 0.122. The van der Waals surface area contributed by atoms with Crippen LogP contribution < -0.4 is 5.73 Å². The van der Waals surface area contributed by atoms with E-state index in [4.69, 9.17) is 10.8 Å². The summed E-state index contributed by atoms with van der Waals surface area (Å²) < 4.78 is 0. The molecule has 5 heteroatoms. The summed E-state index contributed by atoms with van der Waals surface area (Å²) in [5, 5.41) is 8.95. The molecule has 74 valence electrons. The fourth-order valence-electron chi connectivity index (χ4n) is 1.70. The highest BCUT2D eigenvalue weighted by Gasteiger charge is 2.45. The molecule has 1 saturated heterocycles. The van der Waals surface area contributed by atoms with Crippen molar-refractivity contribution in [1.29, 1.82) is 0 Å². The van der Waals surface area contributed by atoms with Gasteiger partial charge in [0.15, 0.2) is 0 Å². The summed E-state index contributed by atoms with van der Waals surface area (Å²) in [5.74, 6) is -1.24. The van der Waals surface area contributed by atoms with E-state index in [1.807, 2.05) is 0 Å². The molecule has 1 atom stereocenters. The largest absolute Gasteiger partial charge is 0.480 e. The van der Waals surface area contributed by atoms with Gasteiger partial charge in [0.25, 0.3) is 0 Å². The van der Waals surface area contributed by atoms with Gasteiger partial charge in [0.05, 0.1) is 6.54 Å². The Balaban J connectivity index is 2.85. The molecule has 0 radical (unpaired) electrons. The summed E-state index contributed by atoms with van der Waals surface area (Å²) in [7, 11) is 0. The zero-order valence-electron chi connectivity index (χ0n) is 7.62. The number of likely N-dealkylation sites (tertiary alicyclic amines) is 1. The van der Waals surface area contributed by atoms with Crippen LogP contribution in [0.4, 0.5) is 0 Å². The maximum absolute atomic E-state index is 11.3. The third kappa shape index (κ3) is 1.51. The average Bonchev–Trinajstić information content (AvgIpc) is 2.47. The zero-order chi connectivity index (χ0) is 10.1. The Bertz CT molecular complexity index is 242. The molecule has 1 amide bonds. The summed E-state index contributed by atoms with van der Waals surface area (Å²) in [5.41, 5.74) is 4.14. The van der Waals surface area contributed by atoms with Crippen LogP contribution >= 0.6 is 0 Å². The van der Waals surface area contributed by atoms with Crippen molar-refractivity contribution in [3.05, 3.63) is 0 Å². The van der Waals surface area contributed by atoms with Crippen molar-refractivity contribution in [1.82, 2.24) is 4.90 Å². The van der Waals surface area contributed by atoms with Crippen LogP contribution in [0.3, 0.4) is 0 Å². The van der Waals surface area contributed by atoms with Crippen LogP contribution in [0.2, 0.25) is 0 Å². The van der Waals surface area contributed by atoms with Crippen molar-refractivity contribution in [2.75, 3.05) is 13.1 Å². The van der Waals surface area contributed by atoms with E-state index in [0.29, 0.717) is 13.0 Å². The van der Waals surface area contributed by atoms with Crippen molar-refractivity contribution in [3.8, 4) is 0 Å². The Morgan fingerprint density at radius 1 is 1.62 bits per heavy atom. The number of nitrogens with zero attached hydrogens (tertiary/aromatic N) is 1. The van der Waals surface area contributed by atoms with Crippen LogP contribution in [0.1, 0.15) is 19.8 Å². The van der Waals surface area contributed by atoms with Gasteiger partial charge in [-0.3, -0.25) is 4.79 Å². The first kappa shape index (κ1) is 9.98. The van der Waals surface area contributed by atoms with E-state index in [-0.39, 0.29) is 12.5 Å². The van der Waals surface area contributed by atoms with Gasteiger partial charge in [0.2, 0.25) is 5.91 Å². The molecule has 0 aromatic heterocycles. The van der Waals surface area contributed by atoms with E-state index in [2.05, 4.69) is 0 Å². The van der Waals surface area contributed by atoms with Crippen molar-refractivity contribution < 1.29 is 14.7 Å². The molecule has 0 aromatic carbocycles. The highest BCUT2D eigenvalue weighted by molar-refractivity contribution is 5.88. The van der Waals surface area contributed by atoms with Crippen LogP contribution in [-0.2, 0) is 9.59 Å². The fourth-order valence-corrected chi connectivity index (χ4v) is 1.70. The minimum atomic E-state index is -1.05. The number of carboxylic acids is 1. The average molecular weight is 186 g/mol. The van der Waals surface area contributed by atoms with Gasteiger partial charge >= 0.3 is 5.97 Å². The number of amides is 1. The topological polar surface area (TPSA) is 83.6 Å². The molecule has 0 spiro atoms. The molecule has 0 aromatic rings. The van der Waals surface area contributed by atoms with Gasteiger partial charge in [-0.15, -0.1) is 0 Å². The quantitative estimate of drug-likeness (QED) is 0.603. The van der Waals surface area contributed by atoms with Crippen LogP contribution in [0.15, 0.2) is 0 Å². The highest BCUT2D eigenvalue weighted by Crippen LogP contribution is 2.28. The second-order valence-corrected chi connectivity index (χ2v) is 3.43. The normalized spacial score (nSPS) is 27.7. The Morgan fingerprint density at radius 2 is 2.23 bits per heavy atom. The predicted octanol–water partition coefficient (Wildman–Crippen LogP) is -0.589. The molecule has 1 heterocycles. The number of nitrogens with two attached hydrogens (primary N) is 1. The fraction of sp³-hybridized carbons (Fsp3) is 0.750. The van der Waals surface area contributed by atoms with Crippen LogP contribution in [0.25, 0.3) is 0 Å². The van der Waals surface area contributed by atoms with Crippen LogP contribution in [-0.4, -0.2) is 40.5 Å². The molecule has 0 aliphatic carbocycles. The van der Waals surface area contributed by atoms with E-state index in [0.717, 1.165) is 6.42 Å². The predicted molar refractivity (Wildman–Crippen MR) is 46.0 cm³/mol. The van der Waals surface area contributed by atoms with Crippen molar-refractivity contribution in [3.63, 3.8) is 0 Å². The monoisotopic (exact) mass is 186 g/mol. The lowest BCUT2D eigenvalue weighted by atomic mass is 9.99. The van der Waals surface area contributed by atoms with Crippen LogP contribution in [0.5, 0.6) is 0 Å². The van der Waals surface area contributed by atoms with E-state index >= 15 is 0 Å². The summed E-state index contributed by atoms with van der Waals surface area (Å²) in [6.07, 6.45) is 1.24. The molecule has 1 aliphatic rings. The first-order chi connectivity index (χ1) is 6.02. The summed E-state index contributed by atoms with van der Waals surface area (Å²) in [6.45, 7) is 1.94. The van der Waals surface area contributed by atoms with Gasteiger partial charge < -0.3 is 15.7 Å². The molecular formula is C8H14N2O3. The number of carbonyl (C=O) groups excluding carboxylic acids is 1. The number of carbonyl (C=O) groups is 2. The molecule has 1 aliphatic heterocycles. The first-order valence-corrected chi connectivity index (χ1v) is 4.26. The molecule has 3 N–H and O–H groups in total. The number of rotatable bonds is 2. The van der Waals surface area contributed by atoms with Crippen LogP contribution in [0, 0.1) is 0 Å². The first-order valence-electron chi connectivity index (χ1n) is 4.26. The van der Waals surface area contributed by atoms with Gasteiger partial charge in [-0.1, -0.05) is 0 Å². The summed E-state index contributed by atoms with van der Waals surface area (Å²) >= 11 is 0. The molecule has 0 saturated carbocycles. The number of aliphatic carboxylic acids is 1. The lowest BCUT2D eigenvalue weighted by Crippen LogP contribution is -2.52. The summed E-state index contributed by atoms with van der Waals surface area (Å²) in [6, 6.07) is 0. The van der Waals surface area contributed by atoms with E-state index in [1.165, 1.54) is 4.90 Å². The lowest BCUT2D eigenvalue weighted by Gasteiger charge is -2.30. The molecular weight excluding hydrogens is 172 g/mol. The molecule has 5 nitrogen and oxygen atoms in total. The second-order valence-electron chi connectivity index (χ2n) is 3.43. The number of hydrogen-bond acceptors (Lipinski definition) is 3. The Labute approximate surface area is 76.5 Å². The van der Waals surface area contributed by atoms with Gasteiger partial charge in [-0.25, -0.2) is 4.79 Å². The van der Waals surface area contributed by atoms with Gasteiger partial charge in [0, 0.05) is 6.54 Å². The van der Waals surface area contributed by atoms with Crippen molar-refractivity contribution >= 4 is 11.9 Å². The van der Waals surface area contributed by atoms with Crippen molar-refractivity contribution in [2.24, 2.45) is 5.73 Å². The van der Waals surface area contributed by atoms with Gasteiger partial charge in [-0.2, -0.15) is 0 Å². The standard InChI is InChI=1S/C8H14N2O3/c1-8(7(12)13)3-2-4-10(8)6(11)5-9/h2-5,9H2,1H3,(H,12,13). The molecule has 1 unspecified atom stereocenters. The lowest BCUT2D eigenvalue weighted by molar-refractivity contribution is -0.154. The van der Waals surface area contributed by atoms with Crippen molar-refractivity contribution in [2.45, 2.75) is 25.3 Å². The maximum Gasteiger partial charge on any atom is 0.329 e. The van der Waals surface area contributed by atoms with Gasteiger partial charge in [0.1, 0.15) is 5.54 Å². The zero-order valence-corrected chi connectivity index (χ0v) is 7.62. The number of carboxylic acid groups (broad SMARTS) is 1. The molecule has 1 rings (SSSR count). The van der Waals surface area contributed by atoms with E-state index < -0.39 is 11.5 Å². The SMILES string of the molecule is CC1(C(=O)O)CCCN1C(=O)CN. The third-order valence-electron chi connectivity index (χ3n) is 2.58. The number of hydrogen-bond donors (Lipinski definition) is 2. The molecule has 1 fully saturated rings. The van der Waals surface area contributed by atoms with E-state index in [1.54, 1.807) is 6.92 Å².